The molecule has 1 atom stereocenters. The van der Waals surface area contributed by atoms with Crippen LogP contribution in [-0.4, -0.2) is 54.3 Å². The van der Waals surface area contributed by atoms with Crippen LogP contribution in [-0.2, 0) is 22.4 Å². The van der Waals surface area contributed by atoms with E-state index < -0.39 is 11.9 Å². The maximum absolute atomic E-state index is 10.1. The number of likely N-dealkylation sites (N-methyl/N-ethyl adjacent to an activating group) is 1. The number of piperidine rings is 3. The summed E-state index contributed by atoms with van der Waals surface area (Å²) in [5.74, 6) is -1.43. The Morgan fingerprint density at radius 1 is 0.871 bits per heavy atom. The number of carbonyl (C=O) groups excluding carboxylic acids is 2. The number of benzene rings is 2. The third kappa shape index (κ3) is 10.3. The van der Waals surface area contributed by atoms with Crippen molar-refractivity contribution in [3.8, 4) is 0 Å². The summed E-state index contributed by atoms with van der Waals surface area (Å²) in [5, 5.41) is 29.7. The van der Waals surface area contributed by atoms with E-state index in [0.717, 1.165) is 22.2 Å². The predicted molar refractivity (Wildman–Crippen MR) is 110 cm³/mol. The molecule has 7 heteroatoms. The molecular weight excluding hydrogens is 509 g/mol. The van der Waals surface area contributed by atoms with Crippen molar-refractivity contribution in [1.82, 2.24) is 0 Å². The fourth-order valence-corrected chi connectivity index (χ4v) is 3.90. The molecule has 3 heterocycles. The average molecular weight is 539 g/mol. The van der Waals surface area contributed by atoms with Gasteiger partial charge >= 0.3 is 0 Å². The highest BCUT2D eigenvalue weighted by molar-refractivity contribution is 5.68. The van der Waals surface area contributed by atoms with Gasteiger partial charge in [-0.05, 0) is 11.1 Å². The Kier molecular flexibility index (Phi) is 11.7. The summed E-state index contributed by atoms with van der Waals surface area (Å²) in [6.07, 6.45) is 2.50. The number of hydrogen-bond acceptors (Lipinski definition) is 5. The van der Waals surface area contributed by atoms with Gasteiger partial charge in [0.25, 0.3) is 0 Å². The predicted octanol–water partition coefficient (Wildman–Crippen LogP) is -2.82. The molecule has 3 saturated heterocycles. The van der Waals surface area contributed by atoms with Crippen LogP contribution >= 0.6 is 0 Å². The first-order chi connectivity index (χ1) is 14.3. The zero-order chi connectivity index (χ0) is 22.0. The minimum absolute atomic E-state index is 0. The van der Waals surface area contributed by atoms with Crippen molar-refractivity contribution in [2.45, 2.75) is 31.8 Å². The number of hydrogen-bond donors (Lipinski definition) is 1. The van der Waals surface area contributed by atoms with Crippen molar-refractivity contribution >= 4 is 11.9 Å². The minimum atomic E-state index is -1.04. The van der Waals surface area contributed by atoms with Gasteiger partial charge in [0, 0.05) is 43.5 Å². The standard InChI is InChI=1S/C8H16NO.2C8H8O2.HI/c1-9-4-2-7(3-5-9)8(10)6-9;2*9-8(10)6-7-4-2-1-3-5-7;/h7-8,10H,2-6H2,1H3;2*1-5H,6H2,(H,9,10);1H/q+1;;;/p-3. The molecule has 3 fully saturated rings. The van der Waals surface area contributed by atoms with E-state index in [2.05, 4.69) is 7.05 Å². The first-order valence-corrected chi connectivity index (χ1v) is 10.3. The van der Waals surface area contributed by atoms with Crippen LogP contribution in [0.3, 0.4) is 0 Å². The monoisotopic (exact) mass is 539 g/mol. The van der Waals surface area contributed by atoms with E-state index in [1.54, 1.807) is 48.5 Å². The Morgan fingerprint density at radius 2 is 1.26 bits per heavy atom. The topological polar surface area (TPSA) is 100 Å². The van der Waals surface area contributed by atoms with Crippen LogP contribution in [0.25, 0.3) is 0 Å². The van der Waals surface area contributed by atoms with Gasteiger partial charge in [-0.3, -0.25) is 0 Å². The fourth-order valence-electron chi connectivity index (χ4n) is 3.90. The van der Waals surface area contributed by atoms with E-state index >= 15 is 0 Å². The summed E-state index contributed by atoms with van der Waals surface area (Å²) < 4.78 is 1.12. The molecule has 6 nitrogen and oxygen atoms in total. The number of carbonyl (C=O) groups is 2. The quantitative estimate of drug-likeness (QED) is 0.334. The average Bonchev–Trinajstić information content (AvgIpc) is 2.69. The normalized spacial score (nSPS) is 23.2. The largest absolute Gasteiger partial charge is 1.00 e. The third-order valence-electron chi connectivity index (χ3n) is 5.63. The zero-order valence-electron chi connectivity index (χ0n) is 17.8. The molecule has 0 amide bonds. The Hall–Kier alpha value is -1.97. The molecule has 2 bridgehead atoms. The number of carboxylic acids is 2. The first kappa shape index (κ1) is 27.1. The second-order valence-electron chi connectivity index (χ2n) is 8.22. The van der Waals surface area contributed by atoms with Gasteiger partial charge in [0.15, 0.2) is 0 Å². The summed E-state index contributed by atoms with van der Waals surface area (Å²) >= 11 is 0. The van der Waals surface area contributed by atoms with Crippen molar-refractivity contribution in [2.24, 2.45) is 5.92 Å². The molecule has 2 aromatic carbocycles. The molecule has 0 spiro atoms. The summed E-state index contributed by atoms with van der Waals surface area (Å²) in [4.78, 5) is 20.1. The zero-order valence-corrected chi connectivity index (χ0v) is 19.9. The maximum Gasteiger partial charge on any atom is 0.106 e. The smallest absolute Gasteiger partial charge is 0.106 e. The van der Waals surface area contributed by atoms with Gasteiger partial charge < -0.3 is 53.4 Å². The molecule has 170 valence electrons. The van der Waals surface area contributed by atoms with Crippen LogP contribution in [0.2, 0.25) is 0 Å². The summed E-state index contributed by atoms with van der Waals surface area (Å²) in [6, 6.07) is 17.9. The number of fused-ring (bicyclic) bond motifs is 3. The van der Waals surface area contributed by atoms with Crippen molar-refractivity contribution in [3.05, 3.63) is 71.8 Å². The molecule has 0 radical (unpaired) electrons. The Bertz CT molecular complexity index is 741. The van der Waals surface area contributed by atoms with E-state index in [-0.39, 0.29) is 42.9 Å². The van der Waals surface area contributed by atoms with Gasteiger partial charge in [-0.2, -0.15) is 0 Å². The van der Waals surface area contributed by atoms with E-state index in [9.17, 15) is 24.9 Å². The van der Waals surface area contributed by atoms with Gasteiger partial charge in [-0.15, -0.1) is 0 Å². The summed E-state index contributed by atoms with van der Waals surface area (Å²) in [5.41, 5.74) is 1.56. The van der Waals surface area contributed by atoms with Gasteiger partial charge in [0.05, 0.1) is 20.1 Å². The number of aliphatic hydroxyl groups is 1. The van der Waals surface area contributed by atoms with Crippen LogP contribution in [0.4, 0.5) is 0 Å². The second kappa shape index (κ2) is 13.4. The van der Waals surface area contributed by atoms with Crippen LogP contribution in [0.1, 0.15) is 24.0 Å². The number of aliphatic hydroxyl groups excluding tert-OH is 1. The Balaban J connectivity index is 0.000000229. The number of aliphatic carboxylic acids is 2. The summed E-state index contributed by atoms with van der Waals surface area (Å²) in [7, 11) is 2.26. The highest BCUT2D eigenvalue weighted by atomic mass is 127. The lowest BCUT2D eigenvalue weighted by atomic mass is 9.84. The molecule has 5 rings (SSSR count). The van der Waals surface area contributed by atoms with Crippen molar-refractivity contribution < 1.29 is 53.4 Å². The lowest BCUT2D eigenvalue weighted by Crippen LogP contribution is -3.00. The van der Waals surface area contributed by atoms with Crippen LogP contribution < -0.4 is 34.2 Å². The van der Waals surface area contributed by atoms with Crippen molar-refractivity contribution in [1.29, 1.82) is 0 Å². The number of nitrogens with zero attached hydrogens (tertiary/aromatic N) is 1. The number of quaternary nitrogens is 1. The number of rotatable bonds is 4. The highest BCUT2D eigenvalue weighted by Gasteiger charge is 2.42. The first-order valence-electron chi connectivity index (χ1n) is 10.3. The van der Waals surface area contributed by atoms with Gasteiger partial charge in [0.1, 0.15) is 12.6 Å². The van der Waals surface area contributed by atoms with Crippen LogP contribution in [0.15, 0.2) is 60.7 Å². The van der Waals surface area contributed by atoms with E-state index in [0.29, 0.717) is 5.92 Å². The van der Waals surface area contributed by atoms with Gasteiger partial charge in [-0.25, -0.2) is 0 Å². The molecule has 3 aliphatic heterocycles. The molecule has 0 aliphatic carbocycles. The van der Waals surface area contributed by atoms with E-state index in [1.165, 1.54) is 25.9 Å². The molecule has 31 heavy (non-hydrogen) atoms. The second-order valence-corrected chi connectivity index (χ2v) is 8.22. The van der Waals surface area contributed by atoms with Crippen LogP contribution in [0.5, 0.6) is 0 Å². The SMILES string of the molecule is C[N+]12CCC(CC1)C(O)C2.O=C([O-])Cc1ccccc1.O=C([O-])Cc1ccccc1.[I-]. The Labute approximate surface area is 201 Å². The van der Waals surface area contributed by atoms with Gasteiger partial charge in [-0.1, -0.05) is 60.7 Å². The molecule has 1 N–H and O–H groups in total. The molecule has 1 unspecified atom stereocenters. The molecular formula is C24H30INO5-2. The number of halogens is 1. The lowest BCUT2D eigenvalue weighted by molar-refractivity contribution is -0.928. The van der Waals surface area contributed by atoms with Gasteiger partial charge in [0.2, 0.25) is 0 Å². The van der Waals surface area contributed by atoms with Crippen molar-refractivity contribution in [2.75, 3.05) is 26.7 Å². The lowest BCUT2D eigenvalue weighted by Gasteiger charge is -2.48. The molecule has 0 saturated carbocycles. The fraction of sp³-hybridized carbons (Fsp3) is 0.417. The Morgan fingerprint density at radius 3 is 1.52 bits per heavy atom. The summed E-state index contributed by atoms with van der Waals surface area (Å²) in [6.45, 7) is 3.59. The highest BCUT2D eigenvalue weighted by Crippen LogP contribution is 2.31. The minimum Gasteiger partial charge on any atom is -1.00 e. The maximum atomic E-state index is 10.1. The van der Waals surface area contributed by atoms with E-state index in [4.69, 9.17) is 0 Å². The third-order valence-corrected chi connectivity index (χ3v) is 5.63. The van der Waals surface area contributed by atoms with Crippen LogP contribution in [0, 0.1) is 5.92 Å². The van der Waals surface area contributed by atoms with E-state index in [1.807, 2.05) is 12.1 Å². The van der Waals surface area contributed by atoms with Crippen molar-refractivity contribution in [3.63, 3.8) is 0 Å². The molecule has 2 aromatic rings. The number of carboxylic acid groups (broad SMARTS) is 2. The molecule has 3 aliphatic rings. The molecule has 0 aromatic heterocycles.